The number of thiophene rings is 2. The molecule has 14 rings (SSSR count). The van der Waals surface area contributed by atoms with Crippen LogP contribution < -0.4 is 4.90 Å². The maximum atomic E-state index is 2.39. The second kappa shape index (κ2) is 16.4. The van der Waals surface area contributed by atoms with Crippen LogP contribution in [0.1, 0.15) is 22.3 Å². The first-order valence-electron chi connectivity index (χ1n) is 24.0. The number of nitrogens with zero attached hydrogens (tertiary/aromatic N) is 1. The predicted octanol–water partition coefficient (Wildman–Crippen LogP) is 19.3. The third-order valence-corrected chi connectivity index (χ3v) is 16.9. The average Bonchev–Trinajstić information content (AvgIpc) is 4.10. The van der Waals surface area contributed by atoms with Crippen LogP contribution in [0.2, 0.25) is 0 Å². The molecule has 0 saturated carbocycles. The Morgan fingerprint density at radius 3 is 1.20 bits per heavy atom. The van der Waals surface area contributed by atoms with Crippen LogP contribution in [0, 0.1) is 0 Å². The van der Waals surface area contributed by atoms with Crippen molar-refractivity contribution in [1.82, 2.24) is 0 Å². The maximum Gasteiger partial charge on any atom is 0.0713 e. The summed E-state index contributed by atoms with van der Waals surface area (Å²) in [7, 11) is 0. The normalized spacial score (nSPS) is 12.7. The lowest BCUT2D eigenvalue weighted by molar-refractivity contribution is 0.768. The molecule has 70 heavy (non-hydrogen) atoms. The van der Waals surface area contributed by atoms with Gasteiger partial charge in [0.15, 0.2) is 0 Å². The van der Waals surface area contributed by atoms with Gasteiger partial charge in [-0.1, -0.05) is 188 Å². The standard InChI is InChI=1S/C67H43NS2/c1-3-14-49(15-4-1)67(50-16-5-2-6-17-50)60-22-10-7-20-57(60)66-54(21-13-23-61(66)67)46-30-38-53(39-31-46)68(51-34-26-44(27-35-51)47-32-40-64-58(42-47)55-18-8-11-24-62(55)69-64)52-36-28-45(29-37-52)48-33-41-65-59(43-48)56-19-9-12-25-63(56)70-65/h1-43H. The van der Waals surface area contributed by atoms with Gasteiger partial charge < -0.3 is 4.90 Å². The van der Waals surface area contributed by atoms with Crippen molar-refractivity contribution < 1.29 is 0 Å². The molecule has 2 aromatic heterocycles. The molecular formula is C67H43NS2. The molecule has 0 fully saturated rings. The third kappa shape index (κ3) is 6.43. The Bertz CT molecular complexity index is 3890. The summed E-state index contributed by atoms with van der Waals surface area (Å²) in [6, 6.07) is 96.7. The summed E-state index contributed by atoms with van der Waals surface area (Å²) in [5.41, 5.74) is 17.8. The Labute approximate surface area is 415 Å². The predicted molar refractivity (Wildman–Crippen MR) is 301 cm³/mol. The van der Waals surface area contributed by atoms with Crippen molar-refractivity contribution in [1.29, 1.82) is 0 Å². The Hall–Kier alpha value is -8.34. The van der Waals surface area contributed by atoms with Crippen molar-refractivity contribution in [2.45, 2.75) is 5.41 Å². The SMILES string of the molecule is c1ccc(C2(c3ccccc3)c3ccccc3-c3c(-c4ccc(N(c5ccc(-c6ccc7sc8ccccc8c7c6)cc5)c5ccc(-c6ccc7sc8ccccc8c7c6)cc5)cc4)cccc32)cc1. The first-order chi connectivity index (χ1) is 34.7. The Kier molecular flexibility index (Phi) is 9.55. The van der Waals surface area contributed by atoms with Gasteiger partial charge in [0.2, 0.25) is 0 Å². The number of benzene rings is 11. The van der Waals surface area contributed by atoms with Crippen LogP contribution in [-0.2, 0) is 5.41 Å². The van der Waals surface area contributed by atoms with Crippen molar-refractivity contribution in [3.8, 4) is 44.5 Å². The fraction of sp³-hybridized carbons (Fsp3) is 0.0149. The van der Waals surface area contributed by atoms with Gasteiger partial charge in [-0.2, -0.15) is 0 Å². The summed E-state index contributed by atoms with van der Waals surface area (Å²) in [4.78, 5) is 2.39. The Balaban J connectivity index is 0.874. The molecule has 0 spiro atoms. The number of fused-ring (bicyclic) bond motifs is 9. The summed E-state index contributed by atoms with van der Waals surface area (Å²) in [6.45, 7) is 0. The fourth-order valence-corrected chi connectivity index (χ4v) is 13.6. The molecule has 2 heterocycles. The first kappa shape index (κ1) is 40.7. The zero-order valence-corrected chi connectivity index (χ0v) is 39.7. The summed E-state index contributed by atoms with van der Waals surface area (Å²) in [5, 5.41) is 5.26. The summed E-state index contributed by atoms with van der Waals surface area (Å²) in [6.07, 6.45) is 0. The topological polar surface area (TPSA) is 3.24 Å². The Morgan fingerprint density at radius 2 is 0.671 bits per heavy atom. The van der Waals surface area contributed by atoms with E-state index in [0.29, 0.717) is 0 Å². The molecular weight excluding hydrogens is 883 g/mol. The van der Waals surface area contributed by atoms with E-state index >= 15 is 0 Å². The van der Waals surface area contributed by atoms with E-state index in [2.05, 4.69) is 266 Å². The smallest absolute Gasteiger partial charge is 0.0713 e. The van der Waals surface area contributed by atoms with E-state index in [9.17, 15) is 0 Å². The van der Waals surface area contributed by atoms with Gasteiger partial charge in [0.1, 0.15) is 0 Å². The van der Waals surface area contributed by atoms with Crippen LogP contribution in [0.5, 0.6) is 0 Å². The largest absolute Gasteiger partial charge is 0.311 e. The summed E-state index contributed by atoms with van der Waals surface area (Å²) >= 11 is 3.72. The molecule has 11 aromatic carbocycles. The molecule has 1 aliphatic rings. The van der Waals surface area contributed by atoms with Crippen LogP contribution in [-0.4, -0.2) is 0 Å². The average molecular weight is 926 g/mol. The van der Waals surface area contributed by atoms with E-state index in [1.165, 1.54) is 107 Å². The maximum absolute atomic E-state index is 2.39. The van der Waals surface area contributed by atoms with Gasteiger partial charge in [-0.15, -0.1) is 22.7 Å². The van der Waals surface area contributed by atoms with Gasteiger partial charge in [-0.25, -0.2) is 0 Å². The number of hydrogen-bond acceptors (Lipinski definition) is 3. The van der Waals surface area contributed by atoms with Crippen LogP contribution in [0.4, 0.5) is 17.1 Å². The molecule has 0 atom stereocenters. The summed E-state index contributed by atoms with van der Waals surface area (Å²) in [5.74, 6) is 0. The molecule has 3 heteroatoms. The number of rotatable bonds is 8. The van der Waals surface area contributed by atoms with Gasteiger partial charge in [0, 0.05) is 57.4 Å². The van der Waals surface area contributed by atoms with E-state index in [1.54, 1.807) is 0 Å². The minimum Gasteiger partial charge on any atom is -0.311 e. The first-order valence-corrected chi connectivity index (χ1v) is 25.6. The third-order valence-electron chi connectivity index (χ3n) is 14.6. The van der Waals surface area contributed by atoms with Gasteiger partial charge in [-0.3, -0.25) is 0 Å². The molecule has 1 aliphatic carbocycles. The lowest BCUT2D eigenvalue weighted by atomic mass is 9.67. The quantitative estimate of drug-likeness (QED) is 0.147. The van der Waals surface area contributed by atoms with Crippen molar-refractivity contribution in [2.24, 2.45) is 0 Å². The molecule has 0 radical (unpaired) electrons. The van der Waals surface area contributed by atoms with Crippen LogP contribution in [0.3, 0.4) is 0 Å². The Morgan fingerprint density at radius 1 is 0.271 bits per heavy atom. The van der Waals surface area contributed by atoms with Crippen LogP contribution >= 0.6 is 22.7 Å². The molecule has 0 amide bonds. The molecule has 0 unspecified atom stereocenters. The monoisotopic (exact) mass is 925 g/mol. The fourth-order valence-electron chi connectivity index (χ4n) is 11.4. The van der Waals surface area contributed by atoms with Gasteiger partial charge in [-0.05, 0) is 140 Å². The molecule has 0 N–H and O–H groups in total. The second-order valence-electron chi connectivity index (χ2n) is 18.4. The number of anilines is 3. The molecule has 0 saturated heterocycles. The minimum absolute atomic E-state index is 0.452. The van der Waals surface area contributed by atoms with Gasteiger partial charge in [0.05, 0.1) is 5.41 Å². The van der Waals surface area contributed by atoms with Crippen molar-refractivity contribution in [3.05, 3.63) is 283 Å². The van der Waals surface area contributed by atoms with Crippen molar-refractivity contribution in [2.75, 3.05) is 4.90 Å². The van der Waals surface area contributed by atoms with Crippen LogP contribution in [0.15, 0.2) is 261 Å². The highest BCUT2D eigenvalue weighted by Gasteiger charge is 2.46. The van der Waals surface area contributed by atoms with E-state index < -0.39 is 5.41 Å². The van der Waals surface area contributed by atoms with Crippen LogP contribution in [0.25, 0.3) is 84.9 Å². The van der Waals surface area contributed by atoms with Crippen molar-refractivity contribution in [3.63, 3.8) is 0 Å². The zero-order chi connectivity index (χ0) is 46.2. The highest BCUT2D eigenvalue weighted by molar-refractivity contribution is 7.26. The van der Waals surface area contributed by atoms with Gasteiger partial charge >= 0.3 is 0 Å². The van der Waals surface area contributed by atoms with E-state index in [0.717, 1.165) is 17.1 Å². The van der Waals surface area contributed by atoms with E-state index in [4.69, 9.17) is 0 Å². The van der Waals surface area contributed by atoms with Crippen molar-refractivity contribution >= 4 is 80.1 Å². The minimum atomic E-state index is -0.452. The molecule has 13 aromatic rings. The van der Waals surface area contributed by atoms with Gasteiger partial charge in [0.25, 0.3) is 0 Å². The molecule has 0 aliphatic heterocycles. The van der Waals surface area contributed by atoms with E-state index in [-0.39, 0.29) is 0 Å². The molecule has 0 bridgehead atoms. The highest BCUT2D eigenvalue weighted by atomic mass is 32.1. The lowest BCUT2D eigenvalue weighted by Gasteiger charge is -2.34. The summed E-state index contributed by atoms with van der Waals surface area (Å²) < 4.78 is 5.29. The highest BCUT2D eigenvalue weighted by Crippen LogP contribution is 2.58. The van der Waals surface area contributed by atoms with E-state index in [1.807, 2.05) is 22.7 Å². The second-order valence-corrected chi connectivity index (χ2v) is 20.5. The lowest BCUT2D eigenvalue weighted by Crippen LogP contribution is -2.28. The number of hydrogen-bond donors (Lipinski definition) is 0. The zero-order valence-electron chi connectivity index (χ0n) is 38.1. The molecule has 328 valence electrons. The molecule has 1 nitrogen and oxygen atoms in total.